The van der Waals surface area contributed by atoms with Gasteiger partial charge in [0.25, 0.3) is 0 Å². The fourth-order valence-corrected chi connectivity index (χ4v) is 2.50. The maximum atomic E-state index is 6.12. The zero-order valence-corrected chi connectivity index (χ0v) is 10.8. The fraction of sp³-hybridized carbons (Fsp3) is 0.385. The van der Waals surface area contributed by atoms with Gasteiger partial charge in [-0.1, -0.05) is 35.8 Å². The highest BCUT2D eigenvalue weighted by Crippen LogP contribution is 2.30. The molecular formula is C13H14ClN3O. The van der Waals surface area contributed by atoms with Gasteiger partial charge in [-0.25, -0.2) is 0 Å². The monoisotopic (exact) mass is 263 g/mol. The van der Waals surface area contributed by atoms with E-state index in [0.29, 0.717) is 28.6 Å². The zero-order chi connectivity index (χ0) is 12.5. The van der Waals surface area contributed by atoms with E-state index in [9.17, 15) is 0 Å². The number of hydrogen-bond donors (Lipinski definition) is 1. The highest BCUT2D eigenvalue weighted by atomic mass is 35.5. The van der Waals surface area contributed by atoms with Crippen molar-refractivity contribution in [2.24, 2.45) is 5.92 Å². The molecule has 3 rings (SSSR count). The lowest BCUT2D eigenvalue weighted by Crippen LogP contribution is -2.08. The molecule has 0 spiro atoms. The minimum Gasteiger partial charge on any atom is -0.339 e. The number of benzene rings is 1. The van der Waals surface area contributed by atoms with Crippen LogP contribution in [0.15, 0.2) is 28.8 Å². The van der Waals surface area contributed by atoms with Gasteiger partial charge >= 0.3 is 0 Å². The van der Waals surface area contributed by atoms with E-state index in [2.05, 4.69) is 22.4 Å². The average Bonchev–Trinajstić information content (AvgIpc) is 2.98. The quantitative estimate of drug-likeness (QED) is 0.905. The van der Waals surface area contributed by atoms with Crippen molar-refractivity contribution in [3.63, 3.8) is 0 Å². The first-order valence-corrected chi connectivity index (χ1v) is 6.42. The largest absolute Gasteiger partial charge is 0.339 e. The van der Waals surface area contributed by atoms with Crippen molar-refractivity contribution in [1.82, 2.24) is 15.5 Å². The van der Waals surface area contributed by atoms with Crippen LogP contribution in [0, 0.1) is 5.92 Å². The first kappa shape index (κ1) is 11.7. The lowest BCUT2D eigenvalue weighted by atomic mass is 9.98. The molecule has 4 nitrogen and oxygen atoms in total. The SMILES string of the molecule is C[C@@H]1CNC[C@H]1c1nc(-c2ccccc2Cl)no1. The molecule has 0 bridgehead atoms. The van der Waals surface area contributed by atoms with Crippen molar-refractivity contribution < 1.29 is 4.52 Å². The maximum Gasteiger partial charge on any atom is 0.231 e. The van der Waals surface area contributed by atoms with Crippen LogP contribution in [0.2, 0.25) is 5.02 Å². The van der Waals surface area contributed by atoms with Crippen LogP contribution in [0.25, 0.3) is 11.4 Å². The van der Waals surface area contributed by atoms with Crippen LogP contribution in [-0.4, -0.2) is 23.2 Å². The Morgan fingerprint density at radius 2 is 2.17 bits per heavy atom. The normalized spacial score (nSPS) is 23.4. The summed E-state index contributed by atoms with van der Waals surface area (Å²) < 4.78 is 5.37. The van der Waals surface area contributed by atoms with Crippen LogP contribution >= 0.6 is 11.6 Å². The van der Waals surface area contributed by atoms with Crippen LogP contribution in [0.5, 0.6) is 0 Å². The van der Waals surface area contributed by atoms with E-state index in [1.165, 1.54) is 0 Å². The highest BCUT2D eigenvalue weighted by molar-refractivity contribution is 6.33. The Morgan fingerprint density at radius 1 is 1.33 bits per heavy atom. The molecule has 0 unspecified atom stereocenters. The van der Waals surface area contributed by atoms with Gasteiger partial charge in [0, 0.05) is 12.1 Å². The second-order valence-corrected chi connectivity index (χ2v) is 5.09. The number of aromatic nitrogens is 2. The molecule has 2 heterocycles. The van der Waals surface area contributed by atoms with Crippen LogP contribution in [0.4, 0.5) is 0 Å². The van der Waals surface area contributed by atoms with E-state index in [-0.39, 0.29) is 0 Å². The molecule has 0 saturated carbocycles. The number of rotatable bonds is 2. The second-order valence-electron chi connectivity index (χ2n) is 4.68. The van der Waals surface area contributed by atoms with Gasteiger partial charge in [0.1, 0.15) is 0 Å². The van der Waals surface area contributed by atoms with Crippen LogP contribution < -0.4 is 5.32 Å². The molecule has 0 aliphatic carbocycles. The third-order valence-corrected chi connectivity index (χ3v) is 3.72. The summed E-state index contributed by atoms with van der Waals surface area (Å²) in [6.45, 7) is 4.07. The molecule has 1 saturated heterocycles. The molecule has 94 valence electrons. The highest BCUT2D eigenvalue weighted by Gasteiger charge is 2.29. The smallest absolute Gasteiger partial charge is 0.231 e. The molecule has 5 heteroatoms. The molecule has 2 aromatic rings. The van der Waals surface area contributed by atoms with Gasteiger partial charge < -0.3 is 9.84 Å². The Labute approximate surface area is 110 Å². The first-order chi connectivity index (χ1) is 8.75. The van der Waals surface area contributed by atoms with Gasteiger partial charge in [-0.15, -0.1) is 0 Å². The van der Waals surface area contributed by atoms with Crippen LogP contribution in [0.3, 0.4) is 0 Å². The van der Waals surface area contributed by atoms with E-state index in [4.69, 9.17) is 16.1 Å². The average molecular weight is 264 g/mol. The van der Waals surface area contributed by atoms with E-state index in [1.807, 2.05) is 24.3 Å². The summed E-state index contributed by atoms with van der Waals surface area (Å²) in [5.74, 6) is 2.08. The summed E-state index contributed by atoms with van der Waals surface area (Å²) in [7, 11) is 0. The Hall–Kier alpha value is -1.39. The topological polar surface area (TPSA) is 51.0 Å². The Balaban J connectivity index is 1.92. The number of hydrogen-bond acceptors (Lipinski definition) is 4. The van der Waals surface area contributed by atoms with Gasteiger partial charge in [0.15, 0.2) is 0 Å². The lowest BCUT2D eigenvalue weighted by molar-refractivity contribution is 0.340. The Kier molecular flexibility index (Phi) is 3.06. The predicted octanol–water partition coefficient (Wildman–Crippen LogP) is 2.71. The lowest BCUT2D eigenvalue weighted by Gasteiger charge is -2.07. The number of nitrogens with one attached hydrogen (secondary N) is 1. The molecule has 2 atom stereocenters. The van der Waals surface area contributed by atoms with Crippen molar-refractivity contribution in [3.8, 4) is 11.4 Å². The summed E-state index contributed by atoms with van der Waals surface area (Å²) in [6.07, 6.45) is 0. The summed E-state index contributed by atoms with van der Waals surface area (Å²) in [5, 5.41) is 8.00. The molecule has 1 fully saturated rings. The molecule has 1 aliphatic rings. The number of halogens is 1. The van der Waals surface area contributed by atoms with Gasteiger partial charge in [-0.3, -0.25) is 0 Å². The van der Waals surface area contributed by atoms with E-state index in [0.717, 1.165) is 18.7 Å². The van der Waals surface area contributed by atoms with Crippen molar-refractivity contribution >= 4 is 11.6 Å². The van der Waals surface area contributed by atoms with Gasteiger partial charge in [0.2, 0.25) is 11.7 Å². The minimum absolute atomic E-state index is 0.300. The molecule has 1 N–H and O–H groups in total. The van der Waals surface area contributed by atoms with Crippen LogP contribution in [-0.2, 0) is 0 Å². The van der Waals surface area contributed by atoms with Crippen molar-refractivity contribution in [2.75, 3.05) is 13.1 Å². The van der Waals surface area contributed by atoms with Gasteiger partial charge in [0.05, 0.1) is 10.9 Å². The summed E-state index contributed by atoms with van der Waals surface area (Å²) in [6, 6.07) is 7.52. The third kappa shape index (κ3) is 2.02. The molecule has 1 aliphatic heterocycles. The Bertz CT molecular complexity index is 555. The number of nitrogens with zero attached hydrogens (tertiary/aromatic N) is 2. The molecule has 0 amide bonds. The first-order valence-electron chi connectivity index (χ1n) is 6.05. The predicted molar refractivity (Wildman–Crippen MR) is 69.5 cm³/mol. The molecular weight excluding hydrogens is 250 g/mol. The maximum absolute atomic E-state index is 6.12. The molecule has 18 heavy (non-hydrogen) atoms. The molecule has 0 radical (unpaired) electrons. The standard InChI is InChI=1S/C13H14ClN3O/c1-8-6-15-7-10(8)13-16-12(17-18-13)9-4-2-3-5-11(9)14/h2-5,8,10,15H,6-7H2,1H3/t8-,10-/m1/s1. The minimum atomic E-state index is 0.300. The van der Waals surface area contributed by atoms with Crippen molar-refractivity contribution in [2.45, 2.75) is 12.8 Å². The van der Waals surface area contributed by atoms with Gasteiger partial charge in [-0.2, -0.15) is 4.98 Å². The molecule has 1 aromatic carbocycles. The third-order valence-electron chi connectivity index (χ3n) is 3.39. The molecule has 1 aromatic heterocycles. The summed E-state index contributed by atoms with van der Waals surface area (Å²) in [5.41, 5.74) is 0.813. The fourth-order valence-electron chi connectivity index (χ4n) is 2.28. The van der Waals surface area contributed by atoms with Crippen LogP contribution in [0.1, 0.15) is 18.7 Å². The zero-order valence-electron chi connectivity index (χ0n) is 10.1. The summed E-state index contributed by atoms with van der Waals surface area (Å²) >= 11 is 6.12. The summed E-state index contributed by atoms with van der Waals surface area (Å²) in [4.78, 5) is 4.47. The second kappa shape index (κ2) is 4.71. The Morgan fingerprint density at radius 3 is 2.89 bits per heavy atom. The van der Waals surface area contributed by atoms with Crippen molar-refractivity contribution in [1.29, 1.82) is 0 Å². The van der Waals surface area contributed by atoms with Gasteiger partial charge in [-0.05, 0) is 24.6 Å². The van der Waals surface area contributed by atoms with Crippen molar-refractivity contribution in [3.05, 3.63) is 35.2 Å². The van der Waals surface area contributed by atoms with E-state index < -0.39 is 0 Å². The van der Waals surface area contributed by atoms with E-state index >= 15 is 0 Å². The van der Waals surface area contributed by atoms with E-state index in [1.54, 1.807) is 0 Å².